The second-order valence-electron chi connectivity index (χ2n) is 8.30. The summed E-state index contributed by atoms with van der Waals surface area (Å²) >= 11 is 0. The molecular formula is C28H42O. The molecule has 2 rings (SSSR count). The van der Waals surface area contributed by atoms with E-state index in [0.717, 1.165) is 6.61 Å². The summed E-state index contributed by atoms with van der Waals surface area (Å²) in [7, 11) is 0. The van der Waals surface area contributed by atoms with Crippen LogP contribution in [0.4, 0.5) is 0 Å². The lowest BCUT2D eigenvalue weighted by molar-refractivity contribution is -0.0628. The molecule has 0 N–H and O–H groups in total. The Morgan fingerprint density at radius 1 is 0.621 bits per heavy atom. The molecule has 0 bridgehead atoms. The molecule has 0 fully saturated rings. The van der Waals surface area contributed by atoms with Gasteiger partial charge in [-0.05, 0) is 36.8 Å². The summed E-state index contributed by atoms with van der Waals surface area (Å²) < 4.78 is 6.76. The van der Waals surface area contributed by atoms with Crippen molar-refractivity contribution in [2.24, 2.45) is 5.92 Å². The van der Waals surface area contributed by atoms with E-state index in [2.05, 4.69) is 81.4 Å². The van der Waals surface area contributed by atoms with Gasteiger partial charge < -0.3 is 4.74 Å². The quantitative estimate of drug-likeness (QED) is 0.275. The molecule has 0 aliphatic carbocycles. The number of hydrogen-bond acceptors (Lipinski definition) is 1. The first kappa shape index (κ1) is 23.7. The largest absolute Gasteiger partial charge is 0.366 e. The highest BCUT2D eigenvalue weighted by molar-refractivity contribution is 5.37. The Morgan fingerprint density at radius 3 is 1.62 bits per heavy atom. The Morgan fingerprint density at radius 2 is 1.10 bits per heavy atom. The van der Waals surface area contributed by atoms with Gasteiger partial charge in [-0.25, -0.2) is 0 Å². The molecule has 0 heterocycles. The van der Waals surface area contributed by atoms with Gasteiger partial charge in [0.1, 0.15) is 5.60 Å². The molecule has 0 aliphatic rings. The van der Waals surface area contributed by atoms with Crippen LogP contribution >= 0.6 is 0 Å². The van der Waals surface area contributed by atoms with Gasteiger partial charge in [-0.3, -0.25) is 0 Å². The van der Waals surface area contributed by atoms with E-state index in [-0.39, 0.29) is 5.60 Å². The van der Waals surface area contributed by atoms with Gasteiger partial charge in [0.2, 0.25) is 0 Å². The van der Waals surface area contributed by atoms with E-state index >= 15 is 0 Å². The van der Waals surface area contributed by atoms with Crippen molar-refractivity contribution in [2.45, 2.75) is 90.6 Å². The van der Waals surface area contributed by atoms with Crippen LogP contribution in [0.5, 0.6) is 0 Å². The average molecular weight is 395 g/mol. The third-order valence-corrected chi connectivity index (χ3v) is 6.16. The van der Waals surface area contributed by atoms with Gasteiger partial charge in [0, 0.05) is 6.61 Å². The molecule has 0 spiro atoms. The van der Waals surface area contributed by atoms with Crippen LogP contribution in [0, 0.1) is 5.92 Å². The molecule has 0 aliphatic heterocycles. The molecule has 1 unspecified atom stereocenters. The van der Waals surface area contributed by atoms with Crippen molar-refractivity contribution in [1.29, 1.82) is 0 Å². The van der Waals surface area contributed by atoms with Gasteiger partial charge in [0.15, 0.2) is 0 Å². The summed E-state index contributed by atoms with van der Waals surface area (Å²) in [6, 6.07) is 21.9. The smallest absolute Gasteiger partial charge is 0.121 e. The van der Waals surface area contributed by atoms with Gasteiger partial charge in [0.05, 0.1) is 0 Å². The van der Waals surface area contributed by atoms with E-state index in [0.29, 0.717) is 5.92 Å². The van der Waals surface area contributed by atoms with Crippen molar-refractivity contribution in [1.82, 2.24) is 0 Å². The first-order valence-corrected chi connectivity index (χ1v) is 12.0. The highest BCUT2D eigenvalue weighted by Gasteiger charge is 2.42. The maximum atomic E-state index is 6.76. The molecule has 1 atom stereocenters. The number of hydrogen-bond donors (Lipinski definition) is 0. The Bertz CT molecular complexity index is 594. The molecule has 0 radical (unpaired) electrons. The summed E-state index contributed by atoms with van der Waals surface area (Å²) in [5.41, 5.74) is 2.26. The van der Waals surface area contributed by atoms with E-state index in [1.54, 1.807) is 0 Å². The first-order chi connectivity index (χ1) is 14.3. The van der Waals surface area contributed by atoms with Crippen molar-refractivity contribution in [3.8, 4) is 0 Å². The fourth-order valence-corrected chi connectivity index (χ4v) is 4.69. The standard InChI is InChI=1S/C28H42O/c1-4-7-9-10-11-14-20-25(19-8-5-2)28(29-6-3,26-21-15-12-16-22-26)27-23-17-13-18-24-27/h12-13,15-18,21-25H,4-11,14,19-20H2,1-3H3. The third kappa shape index (κ3) is 6.71. The van der Waals surface area contributed by atoms with Crippen LogP contribution in [0.1, 0.15) is 96.1 Å². The molecule has 1 nitrogen and oxygen atoms in total. The van der Waals surface area contributed by atoms with Crippen LogP contribution in [0.2, 0.25) is 0 Å². The summed E-state index contributed by atoms with van der Waals surface area (Å²) in [6.07, 6.45) is 13.0. The van der Waals surface area contributed by atoms with E-state index < -0.39 is 0 Å². The van der Waals surface area contributed by atoms with Crippen LogP contribution < -0.4 is 0 Å². The van der Waals surface area contributed by atoms with Crippen molar-refractivity contribution < 1.29 is 4.74 Å². The highest BCUT2D eigenvalue weighted by Crippen LogP contribution is 2.45. The van der Waals surface area contributed by atoms with E-state index in [9.17, 15) is 0 Å². The van der Waals surface area contributed by atoms with E-state index in [4.69, 9.17) is 4.74 Å². The number of rotatable bonds is 15. The Labute approximate surface area is 179 Å². The Balaban J connectivity index is 2.35. The third-order valence-electron chi connectivity index (χ3n) is 6.16. The summed E-state index contributed by atoms with van der Waals surface area (Å²) in [6.45, 7) is 7.46. The van der Waals surface area contributed by atoms with Crippen molar-refractivity contribution in [3.05, 3.63) is 71.8 Å². The molecule has 2 aromatic carbocycles. The second kappa shape index (κ2) is 13.6. The number of ether oxygens (including phenoxy) is 1. The maximum absolute atomic E-state index is 6.76. The number of unbranched alkanes of at least 4 members (excludes halogenated alkanes) is 6. The van der Waals surface area contributed by atoms with Crippen LogP contribution in [-0.2, 0) is 10.3 Å². The lowest BCUT2D eigenvalue weighted by Crippen LogP contribution is -2.40. The predicted octanol–water partition coefficient (Wildman–Crippen LogP) is 8.52. The van der Waals surface area contributed by atoms with Gasteiger partial charge in [0.25, 0.3) is 0 Å². The summed E-state index contributed by atoms with van der Waals surface area (Å²) in [5.74, 6) is 0.498. The van der Waals surface area contributed by atoms with E-state index in [1.165, 1.54) is 75.3 Å². The molecule has 2 aromatic rings. The number of benzene rings is 2. The molecular weight excluding hydrogens is 352 g/mol. The van der Waals surface area contributed by atoms with Crippen LogP contribution in [-0.4, -0.2) is 6.61 Å². The zero-order valence-electron chi connectivity index (χ0n) is 19.0. The average Bonchev–Trinajstić information content (AvgIpc) is 2.78. The van der Waals surface area contributed by atoms with Gasteiger partial charge >= 0.3 is 0 Å². The maximum Gasteiger partial charge on any atom is 0.121 e. The normalized spacial score (nSPS) is 12.8. The van der Waals surface area contributed by atoms with Gasteiger partial charge in [-0.15, -0.1) is 0 Å². The Kier molecular flexibility index (Phi) is 11.1. The zero-order valence-corrected chi connectivity index (χ0v) is 19.0. The summed E-state index contributed by atoms with van der Waals surface area (Å²) in [4.78, 5) is 0. The van der Waals surface area contributed by atoms with Crippen molar-refractivity contribution in [2.75, 3.05) is 6.61 Å². The predicted molar refractivity (Wildman–Crippen MR) is 126 cm³/mol. The molecule has 0 aromatic heterocycles. The highest BCUT2D eigenvalue weighted by atomic mass is 16.5. The molecule has 0 saturated heterocycles. The molecule has 0 amide bonds. The minimum atomic E-state index is -0.351. The van der Waals surface area contributed by atoms with E-state index in [1.807, 2.05) is 0 Å². The Hall–Kier alpha value is -1.60. The van der Waals surface area contributed by atoms with Crippen molar-refractivity contribution in [3.63, 3.8) is 0 Å². The lowest BCUT2D eigenvalue weighted by atomic mass is 9.71. The first-order valence-electron chi connectivity index (χ1n) is 12.0. The van der Waals surface area contributed by atoms with Crippen LogP contribution in [0.3, 0.4) is 0 Å². The fraction of sp³-hybridized carbons (Fsp3) is 0.571. The molecule has 0 saturated carbocycles. The molecule has 29 heavy (non-hydrogen) atoms. The topological polar surface area (TPSA) is 9.23 Å². The SMILES string of the molecule is CCCCCCCCC(CCCC)C(OCC)(c1ccccc1)c1ccccc1. The van der Waals surface area contributed by atoms with Crippen LogP contribution in [0.15, 0.2) is 60.7 Å². The van der Waals surface area contributed by atoms with Gasteiger partial charge in [-0.1, -0.05) is 126 Å². The minimum Gasteiger partial charge on any atom is -0.366 e. The van der Waals surface area contributed by atoms with Crippen molar-refractivity contribution >= 4 is 0 Å². The summed E-state index contributed by atoms with van der Waals surface area (Å²) in [5, 5.41) is 0. The monoisotopic (exact) mass is 394 g/mol. The second-order valence-corrected chi connectivity index (χ2v) is 8.30. The lowest BCUT2D eigenvalue weighted by Gasteiger charge is -2.42. The fourth-order valence-electron chi connectivity index (χ4n) is 4.69. The minimum absolute atomic E-state index is 0.351. The van der Waals surface area contributed by atoms with Gasteiger partial charge in [-0.2, -0.15) is 0 Å². The molecule has 160 valence electrons. The molecule has 1 heteroatoms. The zero-order chi connectivity index (χ0) is 20.8. The van der Waals surface area contributed by atoms with Crippen LogP contribution in [0.25, 0.3) is 0 Å².